The van der Waals surface area contributed by atoms with Gasteiger partial charge in [-0.05, 0) is 50.5 Å². The Balaban J connectivity index is 1.46. The molecule has 0 atom stereocenters. The third-order valence-corrected chi connectivity index (χ3v) is 5.53. The van der Waals surface area contributed by atoms with Crippen molar-refractivity contribution < 1.29 is 14.1 Å². The zero-order valence-corrected chi connectivity index (χ0v) is 20.7. The number of carbonyl (C=O) groups excluding carboxylic acids is 1. The van der Waals surface area contributed by atoms with Crippen molar-refractivity contribution in [3.63, 3.8) is 0 Å². The van der Waals surface area contributed by atoms with Gasteiger partial charge in [-0.2, -0.15) is 10.2 Å². The van der Waals surface area contributed by atoms with Gasteiger partial charge in [-0.1, -0.05) is 28.9 Å². The normalized spacial score (nSPS) is 10.8. The molecule has 0 aliphatic heterocycles. The zero-order valence-electron chi connectivity index (χ0n) is 19.9. The van der Waals surface area contributed by atoms with Crippen LogP contribution in [0.15, 0.2) is 59.3 Å². The summed E-state index contributed by atoms with van der Waals surface area (Å²) in [6.45, 7) is 2.80. The number of aromatic nitrogens is 3. The summed E-state index contributed by atoms with van der Waals surface area (Å²) >= 11 is 6.48. The number of carbonyl (C=O) groups is 1. The minimum absolute atomic E-state index is 0.343. The molecule has 0 spiro atoms. The highest BCUT2D eigenvalue weighted by Crippen LogP contribution is 2.31. The Kier molecular flexibility index (Phi) is 7.59. The number of benzene rings is 2. The van der Waals surface area contributed by atoms with Crippen molar-refractivity contribution in [1.82, 2.24) is 20.0 Å². The van der Waals surface area contributed by atoms with E-state index in [4.69, 9.17) is 20.9 Å². The molecule has 1 N–H and O–H groups in total. The number of ether oxygens (including phenoxy) is 1. The molecule has 2 aromatic heterocycles. The lowest BCUT2D eigenvalue weighted by atomic mass is 10.1. The average Bonchev–Trinajstić information content (AvgIpc) is 3.30. The second-order valence-corrected chi connectivity index (χ2v) is 8.60. The highest BCUT2D eigenvalue weighted by molar-refractivity contribution is 6.33. The minimum atomic E-state index is -0.343. The molecule has 36 heavy (non-hydrogen) atoms. The van der Waals surface area contributed by atoms with E-state index in [2.05, 4.69) is 26.5 Å². The van der Waals surface area contributed by atoms with Crippen LogP contribution in [0, 0.1) is 18.3 Å². The molecule has 10 heteroatoms. The molecule has 2 heterocycles. The van der Waals surface area contributed by atoms with Crippen LogP contribution in [0.1, 0.15) is 21.8 Å². The van der Waals surface area contributed by atoms with Gasteiger partial charge < -0.3 is 19.5 Å². The van der Waals surface area contributed by atoms with Crippen LogP contribution in [0.25, 0.3) is 22.6 Å². The third kappa shape index (κ3) is 5.86. The number of likely N-dealkylation sites (N-methyl/N-ethyl adjacent to an activating group) is 1. The number of pyridine rings is 1. The molecular weight excluding hydrogens is 480 g/mol. The number of nitrogens with one attached hydrogen (secondary N) is 1. The minimum Gasteiger partial charge on any atom is -0.491 e. The Morgan fingerprint density at radius 2 is 2.03 bits per heavy atom. The van der Waals surface area contributed by atoms with Gasteiger partial charge >= 0.3 is 0 Å². The number of hydrogen-bond acceptors (Lipinski definition) is 8. The first-order valence-electron chi connectivity index (χ1n) is 11.0. The molecule has 0 saturated heterocycles. The fourth-order valence-electron chi connectivity index (χ4n) is 3.32. The number of aryl methyl sites for hydroxylation is 1. The summed E-state index contributed by atoms with van der Waals surface area (Å²) in [5, 5.41) is 16.5. The number of hydrogen-bond donors (Lipinski definition) is 1. The standard InChI is InChI=1S/C26H23ClN6O3/c1-16-30-25(32-36-16)17-6-8-21(22(27)12-17)23-9-7-20(15-29-23)31-26(34)18-4-5-19(14-28)24(13-18)35-11-10-33(2)3/h4-9,12-13,15H,10-11H2,1-3H3,(H,31,34). The molecule has 4 rings (SSSR count). The quantitative estimate of drug-likeness (QED) is 0.364. The maximum atomic E-state index is 12.8. The summed E-state index contributed by atoms with van der Waals surface area (Å²) in [4.78, 5) is 23.4. The number of anilines is 1. The molecular formula is C26H23ClN6O3. The Morgan fingerprint density at radius 3 is 2.67 bits per heavy atom. The van der Waals surface area contributed by atoms with Crippen LogP contribution < -0.4 is 10.1 Å². The average molecular weight is 503 g/mol. The fraction of sp³-hybridized carbons (Fsp3) is 0.192. The summed E-state index contributed by atoms with van der Waals surface area (Å²) in [5.41, 5.74) is 3.35. The van der Waals surface area contributed by atoms with Gasteiger partial charge in [0.25, 0.3) is 5.91 Å². The van der Waals surface area contributed by atoms with Crippen LogP contribution in [-0.2, 0) is 0 Å². The number of amides is 1. The molecule has 0 aliphatic carbocycles. The first kappa shape index (κ1) is 24.9. The highest BCUT2D eigenvalue weighted by atomic mass is 35.5. The van der Waals surface area contributed by atoms with Gasteiger partial charge in [-0.3, -0.25) is 9.78 Å². The van der Waals surface area contributed by atoms with Crippen molar-refractivity contribution in [2.45, 2.75) is 6.92 Å². The Bertz CT molecular complexity index is 1430. The van der Waals surface area contributed by atoms with Crippen molar-refractivity contribution in [3.05, 3.63) is 76.8 Å². The molecule has 2 aromatic carbocycles. The monoisotopic (exact) mass is 502 g/mol. The molecule has 0 fully saturated rings. The molecule has 0 radical (unpaired) electrons. The van der Waals surface area contributed by atoms with E-state index in [1.54, 1.807) is 49.5 Å². The van der Waals surface area contributed by atoms with Crippen LogP contribution in [0.4, 0.5) is 5.69 Å². The lowest BCUT2D eigenvalue weighted by Gasteiger charge is -2.13. The van der Waals surface area contributed by atoms with E-state index in [0.29, 0.717) is 58.1 Å². The Labute approximate surface area is 213 Å². The van der Waals surface area contributed by atoms with Crippen molar-refractivity contribution in [3.8, 4) is 34.5 Å². The van der Waals surface area contributed by atoms with Crippen LogP contribution in [0.5, 0.6) is 5.75 Å². The molecule has 0 saturated carbocycles. The topological polar surface area (TPSA) is 117 Å². The van der Waals surface area contributed by atoms with Crippen LogP contribution in [-0.4, -0.2) is 53.2 Å². The molecule has 9 nitrogen and oxygen atoms in total. The second-order valence-electron chi connectivity index (χ2n) is 8.19. The number of rotatable bonds is 8. The lowest BCUT2D eigenvalue weighted by Crippen LogP contribution is -2.20. The van der Waals surface area contributed by atoms with Gasteiger partial charge in [0.2, 0.25) is 11.7 Å². The Morgan fingerprint density at radius 1 is 1.19 bits per heavy atom. The van der Waals surface area contributed by atoms with Crippen molar-refractivity contribution in [2.24, 2.45) is 0 Å². The predicted molar refractivity (Wildman–Crippen MR) is 136 cm³/mol. The van der Waals surface area contributed by atoms with Gasteiger partial charge in [-0.15, -0.1) is 0 Å². The summed E-state index contributed by atoms with van der Waals surface area (Å²) in [5.74, 6) is 0.957. The third-order valence-electron chi connectivity index (χ3n) is 5.21. The first-order valence-corrected chi connectivity index (χ1v) is 11.4. The fourth-order valence-corrected chi connectivity index (χ4v) is 3.60. The van der Waals surface area contributed by atoms with Crippen LogP contribution >= 0.6 is 11.6 Å². The largest absolute Gasteiger partial charge is 0.491 e. The van der Waals surface area contributed by atoms with Gasteiger partial charge in [0.1, 0.15) is 18.4 Å². The van der Waals surface area contributed by atoms with E-state index in [-0.39, 0.29) is 5.91 Å². The summed E-state index contributed by atoms with van der Waals surface area (Å²) in [7, 11) is 3.86. The van der Waals surface area contributed by atoms with Crippen molar-refractivity contribution >= 4 is 23.2 Å². The Hall–Kier alpha value is -4.26. The van der Waals surface area contributed by atoms with Crippen molar-refractivity contribution in [1.29, 1.82) is 5.26 Å². The molecule has 182 valence electrons. The summed E-state index contributed by atoms with van der Waals surface area (Å²) < 4.78 is 10.7. The SMILES string of the molecule is Cc1nc(-c2ccc(-c3ccc(NC(=O)c4ccc(C#N)c(OCCN(C)C)c4)cn3)c(Cl)c2)no1. The van der Waals surface area contributed by atoms with Crippen molar-refractivity contribution in [2.75, 3.05) is 32.6 Å². The van der Waals surface area contributed by atoms with E-state index < -0.39 is 0 Å². The van der Waals surface area contributed by atoms with Gasteiger partial charge in [-0.25, -0.2) is 0 Å². The van der Waals surface area contributed by atoms with Gasteiger partial charge in [0, 0.05) is 30.2 Å². The lowest BCUT2D eigenvalue weighted by molar-refractivity contribution is 0.102. The molecule has 1 amide bonds. The summed E-state index contributed by atoms with van der Waals surface area (Å²) in [6, 6.07) is 15.7. The summed E-state index contributed by atoms with van der Waals surface area (Å²) in [6.07, 6.45) is 1.55. The molecule has 0 aliphatic rings. The number of nitrogens with zero attached hydrogens (tertiary/aromatic N) is 5. The van der Waals surface area contributed by atoms with E-state index >= 15 is 0 Å². The van der Waals surface area contributed by atoms with Crippen LogP contribution in [0.3, 0.4) is 0 Å². The van der Waals surface area contributed by atoms with Gasteiger partial charge in [0.05, 0.1) is 28.2 Å². The van der Waals surface area contributed by atoms with E-state index in [9.17, 15) is 10.1 Å². The van der Waals surface area contributed by atoms with E-state index in [1.165, 1.54) is 0 Å². The maximum absolute atomic E-state index is 12.8. The predicted octanol–water partition coefficient (Wildman–Crippen LogP) is 4.82. The zero-order chi connectivity index (χ0) is 25.7. The van der Waals surface area contributed by atoms with Crippen LogP contribution in [0.2, 0.25) is 5.02 Å². The molecule has 0 bridgehead atoms. The van der Waals surface area contributed by atoms with E-state index in [1.807, 2.05) is 31.1 Å². The molecule has 0 unspecified atom stereocenters. The maximum Gasteiger partial charge on any atom is 0.255 e. The highest BCUT2D eigenvalue weighted by Gasteiger charge is 2.13. The van der Waals surface area contributed by atoms with E-state index in [0.717, 1.165) is 11.1 Å². The smallest absolute Gasteiger partial charge is 0.255 e. The first-order chi connectivity index (χ1) is 17.3. The second kappa shape index (κ2) is 11.0. The van der Waals surface area contributed by atoms with Gasteiger partial charge in [0.15, 0.2) is 0 Å². The molecule has 4 aromatic rings. The number of nitriles is 1. The number of halogens is 1.